The molecule has 0 saturated carbocycles. The van der Waals surface area contributed by atoms with Crippen molar-refractivity contribution in [3.63, 3.8) is 0 Å². The first-order valence-corrected chi connectivity index (χ1v) is 11.2. The lowest BCUT2D eigenvalue weighted by molar-refractivity contribution is 0.0907. The van der Waals surface area contributed by atoms with Gasteiger partial charge >= 0.3 is 7.60 Å². The van der Waals surface area contributed by atoms with Gasteiger partial charge in [0.25, 0.3) is 0 Å². The molecule has 100 valence electrons. The SMILES string of the molecule is CCOP1(=O)O[C@H](C)C(C)(C)C=C1[Si](C)(C)C. The van der Waals surface area contributed by atoms with Gasteiger partial charge in [-0.25, -0.2) is 0 Å². The summed E-state index contributed by atoms with van der Waals surface area (Å²) in [6.07, 6.45) is 2.06. The molecule has 1 aliphatic heterocycles. The van der Waals surface area contributed by atoms with E-state index in [0.29, 0.717) is 6.61 Å². The van der Waals surface area contributed by atoms with Crippen molar-refractivity contribution in [2.45, 2.75) is 53.4 Å². The quantitative estimate of drug-likeness (QED) is 0.565. The molecule has 0 aromatic rings. The zero-order valence-electron chi connectivity index (χ0n) is 12.0. The van der Waals surface area contributed by atoms with Crippen LogP contribution in [0.5, 0.6) is 0 Å². The third kappa shape index (κ3) is 3.11. The fourth-order valence-electron chi connectivity index (χ4n) is 1.85. The van der Waals surface area contributed by atoms with Crippen LogP contribution in [0.1, 0.15) is 27.7 Å². The summed E-state index contributed by atoms with van der Waals surface area (Å²) in [4.78, 5) is 0.940. The Morgan fingerprint density at radius 3 is 2.41 bits per heavy atom. The lowest BCUT2D eigenvalue weighted by atomic mass is 9.88. The van der Waals surface area contributed by atoms with Gasteiger partial charge in [0.1, 0.15) is 0 Å². The van der Waals surface area contributed by atoms with Crippen molar-refractivity contribution in [2.75, 3.05) is 6.61 Å². The van der Waals surface area contributed by atoms with E-state index in [-0.39, 0.29) is 11.5 Å². The fourth-order valence-corrected chi connectivity index (χ4v) is 8.12. The number of hydrogen-bond donors (Lipinski definition) is 0. The van der Waals surface area contributed by atoms with Crippen LogP contribution < -0.4 is 0 Å². The highest BCUT2D eigenvalue weighted by Gasteiger charge is 2.47. The van der Waals surface area contributed by atoms with Crippen molar-refractivity contribution < 1.29 is 13.6 Å². The van der Waals surface area contributed by atoms with Gasteiger partial charge in [0.05, 0.1) is 20.8 Å². The van der Waals surface area contributed by atoms with E-state index in [9.17, 15) is 4.57 Å². The average Bonchev–Trinajstić information content (AvgIpc) is 2.10. The monoisotopic (exact) mass is 276 g/mol. The third-order valence-electron chi connectivity index (χ3n) is 3.22. The molecule has 0 aromatic heterocycles. The van der Waals surface area contributed by atoms with Gasteiger partial charge in [-0.05, 0) is 13.8 Å². The summed E-state index contributed by atoms with van der Waals surface area (Å²) in [5, 5.41) is 0. The Labute approximate surface area is 106 Å². The van der Waals surface area contributed by atoms with Gasteiger partial charge in [0, 0.05) is 10.4 Å². The molecule has 0 aromatic carbocycles. The summed E-state index contributed by atoms with van der Waals surface area (Å²) >= 11 is 0. The number of hydrogen-bond acceptors (Lipinski definition) is 3. The standard InChI is InChI=1S/C12H25O3PSi/c1-8-14-16(13)11(17(5,6)7)9-12(3,4)10(2)15-16/h9-10H,8H2,1-7H3/t10-,16?/m1/s1. The van der Waals surface area contributed by atoms with Gasteiger partial charge in [-0.1, -0.05) is 39.6 Å². The Bertz CT molecular complexity index is 368. The first kappa shape index (κ1) is 15.2. The Morgan fingerprint density at radius 2 is 2.00 bits per heavy atom. The maximum Gasteiger partial charge on any atom is 0.353 e. The third-order valence-corrected chi connectivity index (χ3v) is 9.64. The van der Waals surface area contributed by atoms with E-state index in [4.69, 9.17) is 9.05 Å². The van der Waals surface area contributed by atoms with Crippen LogP contribution in [0.25, 0.3) is 0 Å². The largest absolute Gasteiger partial charge is 0.353 e. The summed E-state index contributed by atoms with van der Waals surface area (Å²) in [6, 6.07) is 0. The lowest BCUT2D eigenvalue weighted by Crippen LogP contribution is -2.37. The summed E-state index contributed by atoms with van der Waals surface area (Å²) < 4.78 is 24.1. The van der Waals surface area contributed by atoms with Crippen molar-refractivity contribution >= 4 is 15.7 Å². The molecule has 0 bridgehead atoms. The second kappa shape index (κ2) is 4.65. The van der Waals surface area contributed by atoms with Crippen LogP contribution in [0.4, 0.5) is 0 Å². The van der Waals surface area contributed by atoms with Crippen LogP contribution in [0, 0.1) is 5.41 Å². The van der Waals surface area contributed by atoms with Crippen molar-refractivity contribution in [1.82, 2.24) is 0 Å². The topological polar surface area (TPSA) is 35.5 Å². The predicted molar refractivity (Wildman–Crippen MR) is 75.0 cm³/mol. The summed E-state index contributed by atoms with van der Waals surface area (Å²) in [5.41, 5.74) is -0.0827. The van der Waals surface area contributed by atoms with Crippen molar-refractivity contribution in [3.8, 4) is 0 Å². The van der Waals surface area contributed by atoms with E-state index >= 15 is 0 Å². The minimum absolute atomic E-state index is 0.0827. The van der Waals surface area contributed by atoms with Crippen LogP contribution in [-0.4, -0.2) is 20.8 Å². The molecule has 1 aliphatic rings. The minimum Gasteiger partial charge on any atom is -0.306 e. The van der Waals surface area contributed by atoms with Gasteiger partial charge < -0.3 is 9.05 Å². The Kier molecular flexibility index (Phi) is 4.15. The normalized spacial score (nSPS) is 33.4. The summed E-state index contributed by atoms with van der Waals surface area (Å²) in [6.45, 7) is 15.0. The van der Waals surface area contributed by atoms with Crippen molar-refractivity contribution in [2.24, 2.45) is 5.41 Å². The van der Waals surface area contributed by atoms with E-state index in [1.165, 1.54) is 0 Å². The van der Waals surface area contributed by atoms with E-state index in [1.807, 2.05) is 13.8 Å². The van der Waals surface area contributed by atoms with E-state index < -0.39 is 15.7 Å². The molecule has 0 N–H and O–H groups in total. The number of rotatable bonds is 3. The predicted octanol–water partition coefficient (Wildman–Crippen LogP) is 4.42. The van der Waals surface area contributed by atoms with Gasteiger partial charge in [-0.3, -0.25) is 4.57 Å². The molecule has 1 heterocycles. The van der Waals surface area contributed by atoms with E-state index in [0.717, 1.165) is 4.94 Å². The summed E-state index contributed by atoms with van der Waals surface area (Å²) in [7, 11) is -4.76. The average molecular weight is 276 g/mol. The van der Waals surface area contributed by atoms with Crippen LogP contribution in [0.3, 0.4) is 0 Å². The molecule has 0 saturated heterocycles. The molecule has 0 aliphatic carbocycles. The van der Waals surface area contributed by atoms with E-state index in [1.54, 1.807) is 0 Å². The minimum atomic E-state index is -3.06. The highest BCUT2D eigenvalue weighted by molar-refractivity contribution is 7.62. The molecule has 1 unspecified atom stereocenters. The first-order chi connectivity index (χ1) is 7.53. The fraction of sp³-hybridized carbons (Fsp3) is 0.833. The molecule has 0 radical (unpaired) electrons. The Morgan fingerprint density at radius 1 is 1.47 bits per heavy atom. The maximum atomic E-state index is 12.8. The lowest BCUT2D eigenvalue weighted by Gasteiger charge is -2.41. The molecule has 0 amide bonds. The smallest absolute Gasteiger partial charge is 0.306 e. The second-order valence-corrected chi connectivity index (χ2v) is 13.7. The molecule has 2 atom stereocenters. The molecule has 3 nitrogen and oxygen atoms in total. The van der Waals surface area contributed by atoms with Crippen LogP contribution in [0.15, 0.2) is 11.0 Å². The Balaban J connectivity index is 3.30. The van der Waals surface area contributed by atoms with Gasteiger partial charge in [0.15, 0.2) is 0 Å². The zero-order chi connectivity index (χ0) is 13.5. The van der Waals surface area contributed by atoms with Crippen molar-refractivity contribution in [3.05, 3.63) is 11.0 Å². The first-order valence-electron chi connectivity index (χ1n) is 6.20. The molecule has 17 heavy (non-hydrogen) atoms. The maximum absolute atomic E-state index is 12.8. The molecular weight excluding hydrogens is 251 g/mol. The van der Waals surface area contributed by atoms with Crippen LogP contribution >= 0.6 is 7.60 Å². The van der Waals surface area contributed by atoms with Gasteiger partial charge in [-0.2, -0.15) is 0 Å². The summed E-state index contributed by atoms with van der Waals surface area (Å²) in [5.74, 6) is 0. The van der Waals surface area contributed by atoms with Crippen molar-refractivity contribution in [1.29, 1.82) is 0 Å². The van der Waals surface area contributed by atoms with Crippen LogP contribution in [0.2, 0.25) is 19.6 Å². The zero-order valence-corrected chi connectivity index (χ0v) is 13.9. The highest BCUT2D eigenvalue weighted by atomic mass is 31.2. The van der Waals surface area contributed by atoms with Gasteiger partial charge in [-0.15, -0.1) is 0 Å². The molecule has 5 heteroatoms. The molecule has 1 rings (SSSR count). The van der Waals surface area contributed by atoms with E-state index in [2.05, 4.69) is 39.6 Å². The molecule has 0 spiro atoms. The van der Waals surface area contributed by atoms with Crippen LogP contribution in [-0.2, 0) is 13.6 Å². The highest BCUT2D eigenvalue weighted by Crippen LogP contribution is 2.64. The molecular formula is C12H25O3PSi. The molecule has 0 fully saturated rings. The van der Waals surface area contributed by atoms with Gasteiger partial charge in [0.2, 0.25) is 0 Å². The second-order valence-electron chi connectivity index (χ2n) is 6.26. The Hall–Kier alpha value is 0.107.